The van der Waals surface area contributed by atoms with E-state index < -0.39 is 22.1 Å². The molecule has 1 aliphatic rings. The van der Waals surface area contributed by atoms with Gasteiger partial charge in [0, 0.05) is 19.0 Å². The van der Waals surface area contributed by atoms with Gasteiger partial charge in [0.25, 0.3) is 10.0 Å². The second-order valence-corrected chi connectivity index (χ2v) is 7.84. The van der Waals surface area contributed by atoms with Gasteiger partial charge in [0.05, 0.1) is 23.4 Å². The van der Waals surface area contributed by atoms with E-state index in [1.54, 1.807) is 11.0 Å². The van der Waals surface area contributed by atoms with Crippen LogP contribution >= 0.6 is 0 Å². The van der Waals surface area contributed by atoms with Gasteiger partial charge in [0.1, 0.15) is 11.5 Å². The number of halogens is 3. The molecular weight excluding hydrogens is 413 g/mol. The maximum atomic E-state index is 12.5. The number of carbonyl (C=O) groups excluding carboxylic acids is 1. The van der Waals surface area contributed by atoms with Gasteiger partial charge in [0.2, 0.25) is 5.91 Å². The molecule has 0 unspecified atom stereocenters. The number of amides is 1. The molecule has 3 rings (SSSR count). The van der Waals surface area contributed by atoms with Gasteiger partial charge < -0.3 is 14.4 Å². The number of alkyl halides is 3. The molecule has 1 N–H and O–H groups in total. The normalized spacial score (nSPS) is 14.8. The summed E-state index contributed by atoms with van der Waals surface area (Å²) in [5, 5.41) is 0. The monoisotopic (exact) mass is 430 g/mol. The summed E-state index contributed by atoms with van der Waals surface area (Å²) in [5.74, 6) is -0.259. The van der Waals surface area contributed by atoms with E-state index in [4.69, 9.17) is 4.74 Å². The highest BCUT2D eigenvalue weighted by atomic mass is 32.2. The fourth-order valence-electron chi connectivity index (χ4n) is 2.90. The molecule has 0 radical (unpaired) electrons. The van der Waals surface area contributed by atoms with Crippen LogP contribution in [0.5, 0.6) is 11.5 Å². The zero-order valence-electron chi connectivity index (χ0n) is 15.2. The average molecular weight is 430 g/mol. The van der Waals surface area contributed by atoms with Crippen molar-refractivity contribution in [3.05, 3.63) is 42.5 Å². The van der Waals surface area contributed by atoms with Gasteiger partial charge in [-0.15, -0.1) is 13.2 Å². The van der Waals surface area contributed by atoms with E-state index in [0.717, 1.165) is 30.7 Å². The lowest BCUT2D eigenvalue weighted by atomic mass is 10.2. The van der Waals surface area contributed by atoms with Crippen molar-refractivity contribution >= 4 is 27.3 Å². The Bertz CT molecular complexity index is 1010. The predicted molar refractivity (Wildman–Crippen MR) is 98.5 cm³/mol. The first kappa shape index (κ1) is 20.8. The fourth-order valence-corrected chi connectivity index (χ4v) is 3.95. The average Bonchev–Trinajstić information content (AvgIpc) is 3.06. The molecule has 29 heavy (non-hydrogen) atoms. The number of carbonyl (C=O) groups is 1. The standard InChI is InChI=1S/C18H17F3N2O5S/c1-27-16-11-12(4-9-15(16)23-10-2-3-17(23)24)22-29(25,26)14-7-5-13(6-8-14)28-18(19,20)21/h4-9,11,22H,2-3,10H2,1H3. The molecule has 1 aliphatic heterocycles. The van der Waals surface area contributed by atoms with E-state index in [-0.39, 0.29) is 16.5 Å². The minimum absolute atomic E-state index is 0.0437. The molecule has 156 valence electrons. The van der Waals surface area contributed by atoms with E-state index in [9.17, 15) is 26.4 Å². The lowest BCUT2D eigenvalue weighted by Gasteiger charge is -2.20. The number of benzene rings is 2. The molecule has 0 aromatic heterocycles. The molecule has 0 spiro atoms. The van der Waals surface area contributed by atoms with Crippen LogP contribution in [0.2, 0.25) is 0 Å². The zero-order valence-corrected chi connectivity index (χ0v) is 16.0. The van der Waals surface area contributed by atoms with Crippen LogP contribution < -0.4 is 19.1 Å². The van der Waals surface area contributed by atoms with Gasteiger partial charge in [0.15, 0.2) is 0 Å². The largest absolute Gasteiger partial charge is 0.573 e. The third kappa shape index (κ3) is 4.91. The van der Waals surface area contributed by atoms with E-state index in [2.05, 4.69) is 9.46 Å². The fraction of sp³-hybridized carbons (Fsp3) is 0.278. The summed E-state index contributed by atoms with van der Waals surface area (Å²) in [4.78, 5) is 13.3. The molecule has 7 nitrogen and oxygen atoms in total. The number of methoxy groups -OCH3 is 1. The second kappa shape index (κ2) is 7.82. The highest BCUT2D eigenvalue weighted by Crippen LogP contribution is 2.34. The number of nitrogens with zero attached hydrogens (tertiary/aromatic N) is 1. The van der Waals surface area contributed by atoms with Crippen molar-refractivity contribution in [1.82, 2.24) is 0 Å². The van der Waals surface area contributed by atoms with Crippen LogP contribution in [0.1, 0.15) is 12.8 Å². The molecule has 0 saturated carbocycles. The quantitative estimate of drug-likeness (QED) is 0.758. The van der Waals surface area contributed by atoms with Crippen molar-refractivity contribution in [2.45, 2.75) is 24.1 Å². The lowest BCUT2D eigenvalue weighted by Crippen LogP contribution is -2.24. The van der Waals surface area contributed by atoms with Crippen LogP contribution in [0.4, 0.5) is 24.5 Å². The molecule has 0 atom stereocenters. The van der Waals surface area contributed by atoms with Crippen LogP contribution in [0, 0.1) is 0 Å². The minimum Gasteiger partial charge on any atom is -0.494 e. The van der Waals surface area contributed by atoms with Gasteiger partial charge >= 0.3 is 6.36 Å². The summed E-state index contributed by atoms with van der Waals surface area (Å²) < 4.78 is 73.0. The van der Waals surface area contributed by atoms with Crippen molar-refractivity contribution in [2.75, 3.05) is 23.3 Å². The lowest BCUT2D eigenvalue weighted by molar-refractivity contribution is -0.274. The van der Waals surface area contributed by atoms with E-state index >= 15 is 0 Å². The van der Waals surface area contributed by atoms with Crippen LogP contribution in [-0.4, -0.2) is 34.3 Å². The number of ether oxygens (including phenoxy) is 2. The highest BCUT2D eigenvalue weighted by Gasteiger charge is 2.31. The summed E-state index contributed by atoms with van der Waals surface area (Å²) in [6.45, 7) is 0.548. The van der Waals surface area contributed by atoms with Crippen molar-refractivity contribution in [1.29, 1.82) is 0 Å². The molecule has 1 fully saturated rings. The molecule has 0 aliphatic carbocycles. The van der Waals surface area contributed by atoms with Gasteiger partial charge in [-0.3, -0.25) is 9.52 Å². The molecule has 1 heterocycles. The Morgan fingerprint density at radius 2 is 1.79 bits per heavy atom. The predicted octanol–water partition coefficient (Wildman–Crippen LogP) is 3.52. The Labute approximate surface area is 165 Å². The number of nitrogens with one attached hydrogen (secondary N) is 1. The van der Waals surface area contributed by atoms with Crippen molar-refractivity contribution in [2.24, 2.45) is 0 Å². The van der Waals surface area contributed by atoms with E-state index in [0.29, 0.717) is 24.4 Å². The molecule has 2 aromatic rings. The highest BCUT2D eigenvalue weighted by molar-refractivity contribution is 7.92. The number of hydrogen-bond donors (Lipinski definition) is 1. The van der Waals surface area contributed by atoms with Crippen LogP contribution in [0.3, 0.4) is 0 Å². The van der Waals surface area contributed by atoms with Gasteiger partial charge in [-0.2, -0.15) is 0 Å². The van der Waals surface area contributed by atoms with Crippen LogP contribution in [0.25, 0.3) is 0 Å². The zero-order chi connectivity index (χ0) is 21.2. The van der Waals surface area contributed by atoms with Gasteiger partial charge in [-0.25, -0.2) is 8.42 Å². The SMILES string of the molecule is COc1cc(NS(=O)(=O)c2ccc(OC(F)(F)F)cc2)ccc1N1CCCC1=O. The topological polar surface area (TPSA) is 84.9 Å². The number of anilines is 2. The van der Waals surface area contributed by atoms with Crippen molar-refractivity contribution in [3.63, 3.8) is 0 Å². The molecular formula is C18H17F3N2O5S. The summed E-state index contributed by atoms with van der Waals surface area (Å²) >= 11 is 0. The van der Waals surface area contributed by atoms with Crippen LogP contribution in [0.15, 0.2) is 47.4 Å². The first-order valence-corrected chi connectivity index (χ1v) is 9.94. The maximum Gasteiger partial charge on any atom is 0.573 e. The molecule has 11 heteroatoms. The summed E-state index contributed by atoms with van der Waals surface area (Å²) in [6, 6.07) is 8.28. The molecule has 2 aromatic carbocycles. The van der Waals surface area contributed by atoms with E-state index in [1.807, 2.05) is 0 Å². The summed E-state index contributed by atoms with van der Waals surface area (Å²) in [7, 11) is -2.66. The number of sulfonamides is 1. The third-order valence-corrected chi connectivity index (χ3v) is 5.56. The van der Waals surface area contributed by atoms with Crippen LogP contribution in [-0.2, 0) is 14.8 Å². The first-order valence-electron chi connectivity index (χ1n) is 8.46. The Morgan fingerprint density at radius 3 is 2.34 bits per heavy atom. The van der Waals surface area contributed by atoms with Gasteiger partial charge in [-0.05, 0) is 42.8 Å². The Kier molecular flexibility index (Phi) is 5.60. The summed E-state index contributed by atoms with van der Waals surface area (Å²) in [5.41, 5.74) is 0.708. The molecule has 1 amide bonds. The minimum atomic E-state index is -4.87. The van der Waals surface area contributed by atoms with E-state index in [1.165, 1.54) is 19.2 Å². The second-order valence-electron chi connectivity index (χ2n) is 6.16. The molecule has 0 bridgehead atoms. The van der Waals surface area contributed by atoms with Gasteiger partial charge in [-0.1, -0.05) is 0 Å². The summed E-state index contributed by atoms with van der Waals surface area (Å²) in [6.07, 6.45) is -3.70. The number of rotatable bonds is 6. The molecule has 1 saturated heterocycles. The maximum absolute atomic E-state index is 12.5. The first-order chi connectivity index (χ1) is 13.6. The Morgan fingerprint density at radius 1 is 1.10 bits per heavy atom. The number of hydrogen-bond acceptors (Lipinski definition) is 5. The third-order valence-electron chi connectivity index (χ3n) is 4.16. The Hall–Kier alpha value is -2.95. The van der Waals surface area contributed by atoms with Crippen molar-refractivity contribution < 1.29 is 35.9 Å². The Balaban J connectivity index is 1.80. The smallest absolute Gasteiger partial charge is 0.494 e. The van der Waals surface area contributed by atoms with Crippen molar-refractivity contribution in [3.8, 4) is 11.5 Å².